The summed E-state index contributed by atoms with van der Waals surface area (Å²) in [5.74, 6) is 0.525. The summed E-state index contributed by atoms with van der Waals surface area (Å²) in [7, 11) is 6.10. The van der Waals surface area contributed by atoms with Gasteiger partial charge in [-0.1, -0.05) is 18.2 Å². The highest BCUT2D eigenvalue weighted by atomic mass is 16.3. The van der Waals surface area contributed by atoms with Gasteiger partial charge in [0.25, 0.3) is 0 Å². The molecule has 25 heavy (non-hydrogen) atoms. The van der Waals surface area contributed by atoms with E-state index < -0.39 is 0 Å². The maximum atomic E-state index is 12.1. The van der Waals surface area contributed by atoms with Crippen LogP contribution in [0.1, 0.15) is 17.4 Å². The molecule has 0 aliphatic heterocycles. The van der Waals surface area contributed by atoms with E-state index in [2.05, 4.69) is 33.1 Å². The van der Waals surface area contributed by atoms with Gasteiger partial charge in [-0.3, -0.25) is 4.79 Å². The first kappa shape index (κ1) is 17.0. The van der Waals surface area contributed by atoms with Gasteiger partial charge in [0.15, 0.2) is 0 Å². The molecule has 0 aliphatic carbocycles. The summed E-state index contributed by atoms with van der Waals surface area (Å²) in [6, 6.07) is 12.0. The molecule has 0 bridgehead atoms. The minimum atomic E-state index is -0.136. The normalized spacial score (nSPS) is 13.0. The molecule has 0 saturated heterocycles. The van der Waals surface area contributed by atoms with Crippen molar-refractivity contribution in [1.29, 1.82) is 0 Å². The molecule has 1 aromatic carbocycles. The van der Waals surface area contributed by atoms with E-state index in [0.717, 1.165) is 0 Å². The van der Waals surface area contributed by atoms with Crippen molar-refractivity contribution in [3.63, 3.8) is 0 Å². The monoisotopic (exact) mass is 337 g/mol. The van der Waals surface area contributed by atoms with Crippen LogP contribution in [0.4, 0.5) is 0 Å². The quantitative estimate of drug-likeness (QED) is 0.703. The van der Waals surface area contributed by atoms with Crippen LogP contribution in [0.3, 0.4) is 0 Å². The predicted octanol–water partition coefficient (Wildman–Crippen LogP) is 3.20. The fraction of sp³-hybridized carbons (Fsp3) is 0.250. The molecule has 0 radical (unpaired) electrons. The summed E-state index contributed by atoms with van der Waals surface area (Å²) in [4.78, 5) is 14.2. The molecule has 0 saturated carbocycles. The summed E-state index contributed by atoms with van der Waals surface area (Å²) < 4.78 is 7.31. The molecule has 0 fully saturated rings. The predicted molar refractivity (Wildman–Crippen MR) is 100 cm³/mol. The number of para-hydroxylation sites is 1. The van der Waals surface area contributed by atoms with E-state index in [-0.39, 0.29) is 11.9 Å². The second-order valence-corrected chi connectivity index (χ2v) is 6.29. The van der Waals surface area contributed by atoms with Gasteiger partial charge in [-0.2, -0.15) is 0 Å². The maximum Gasteiger partial charge on any atom is 0.244 e. The summed E-state index contributed by atoms with van der Waals surface area (Å²) >= 11 is 0. The Bertz CT molecular complexity index is 876. The Labute approximate surface area is 147 Å². The molecule has 2 aromatic heterocycles. The number of amides is 1. The molecule has 3 aromatic rings. The fourth-order valence-corrected chi connectivity index (χ4v) is 3.01. The SMILES string of the molecule is CN(C)C(CNC(=O)C=Cc1ccco1)c1cn(C)c2ccccc12. The van der Waals surface area contributed by atoms with E-state index in [1.807, 2.05) is 39.3 Å². The molecule has 2 heterocycles. The van der Waals surface area contributed by atoms with Gasteiger partial charge in [-0.25, -0.2) is 0 Å². The van der Waals surface area contributed by atoms with Gasteiger partial charge in [-0.05, 0) is 43.9 Å². The largest absolute Gasteiger partial charge is 0.465 e. The molecule has 5 nitrogen and oxygen atoms in total. The maximum absolute atomic E-state index is 12.1. The molecule has 1 amide bonds. The lowest BCUT2D eigenvalue weighted by atomic mass is 10.0. The van der Waals surface area contributed by atoms with Crippen LogP contribution >= 0.6 is 0 Å². The third kappa shape index (κ3) is 3.83. The van der Waals surface area contributed by atoms with E-state index in [0.29, 0.717) is 12.3 Å². The number of rotatable bonds is 6. The number of hydrogen-bond acceptors (Lipinski definition) is 3. The summed E-state index contributed by atoms with van der Waals surface area (Å²) in [6.45, 7) is 0.530. The zero-order valence-electron chi connectivity index (χ0n) is 14.8. The average molecular weight is 337 g/mol. The van der Waals surface area contributed by atoms with E-state index in [1.54, 1.807) is 18.4 Å². The van der Waals surface area contributed by atoms with E-state index in [1.165, 1.54) is 22.5 Å². The van der Waals surface area contributed by atoms with Crippen LogP contribution in [0.25, 0.3) is 17.0 Å². The van der Waals surface area contributed by atoms with Gasteiger partial charge in [-0.15, -0.1) is 0 Å². The number of furan rings is 1. The lowest BCUT2D eigenvalue weighted by molar-refractivity contribution is -0.116. The topological polar surface area (TPSA) is 50.4 Å². The first-order valence-electron chi connectivity index (χ1n) is 8.26. The Morgan fingerprint density at radius 2 is 2.08 bits per heavy atom. The van der Waals surface area contributed by atoms with Crippen LogP contribution in [0.5, 0.6) is 0 Å². The molecule has 3 rings (SSSR count). The van der Waals surface area contributed by atoms with Gasteiger partial charge in [0.05, 0.1) is 12.3 Å². The number of hydrogen-bond donors (Lipinski definition) is 1. The van der Waals surface area contributed by atoms with Gasteiger partial charge in [0.2, 0.25) is 5.91 Å². The standard InChI is InChI=1S/C20H23N3O2/c1-22(2)19(13-21-20(24)11-10-15-7-6-12-25-15)17-14-23(3)18-9-5-4-8-16(17)18/h4-12,14,19H,13H2,1-3H3,(H,21,24). The smallest absolute Gasteiger partial charge is 0.244 e. The zero-order valence-corrected chi connectivity index (χ0v) is 14.8. The molecule has 1 atom stereocenters. The van der Waals surface area contributed by atoms with Crippen LogP contribution in [0, 0.1) is 0 Å². The van der Waals surface area contributed by atoms with Crippen LogP contribution in [-0.4, -0.2) is 36.0 Å². The van der Waals surface area contributed by atoms with Gasteiger partial charge in [0.1, 0.15) is 5.76 Å². The van der Waals surface area contributed by atoms with E-state index >= 15 is 0 Å². The minimum absolute atomic E-state index is 0.0899. The molecule has 5 heteroatoms. The van der Waals surface area contributed by atoms with Crippen molar-refractivity contribution in [1.82, 2.24) is 14.8 Å². The Balaban J connectivity index is 1.74. The molecule has 1 unspecified atom stereocenters. The number of nitrogens with one attached hydrogen (secondary N) is 1. The van der Waals surface area contributed by atoms with Gasteiger partial charge >= 0.3 is 0 Å². The number of nitrogens with zero attached hydrogens (tertiary/aromatic N) is 2. The average Bonchev–Trinajstić information content (AvgIpc) is 3.22. The second-order valence-electron chi connectivity index (χ2n) is 6.29. The Hall–Kier alpha value is -2.79. The summed E-state index contributed by atoms with van der Waals surface area (Å²) in [5, 5.41) is 4.19. The third-order valence-corrected chi connectivity index (χ3v) is 4.32. The fourth-order valence-electron chi connectivity index (χ4n) is 3.01. The van der Waals surface area contributed by atoms with Crippen molar-refractivity contribution < 1.29 is 9.21 Å². The van der Waals surface area contributed by atoms with Crippen molar-refractivity contribution >= 4 is 22.9 Å². The molecule has 0 spiro atoms. The number of fused-ring (bicyclic) bond motifs is 1. The lowest BCUT2D eigenvalue weighted by Crippen LogP contribution is -2.33. The van der Waals surface area contributed by atoms with Crippen molar-refractivity contribution in [3.8, 4) is 0 Å². The number of aryl methyl sites for hydroxylation is 1. The first-order chi connectivity index (χ1) is 12.1. The number of carbonyl (C=O) groups excluding carboxylic acids is 1. The number of benzene rings is 1. The van der Waals surface area contributed by atoms with Crippen LogP contribution in [0.2, 0.25) is 0 Å². The van der Waals surface area contributed by atoms with Crippen molar-refractivity contribution in [2.75, 3.05) is 20.6 Å². The number of aromatic nitrogens is 1. The Kier molecular flexibility index (Phi) is 5.05. The van der Waals surface area contributed by atoms with Crippen molar-refractivity contribution in [2.24, 2.45) is 7.05 Å². The van der Waals surface area contributed by atoms with Crippen LogP contribution < -0.4 is 5.32 Å². The zero-order chi connectivity index (χ0) is 17.8. The Morgan fingerprint density at radius 3 is 2.80 bits per heavy atom. The molecule has 130 valence electrons. The highest BCUT2D eigenvalue weighted by Gasteiger charge is 2.19. The second kappa shape index (κ2) is 7.40. The van der Waals surface area contributed by atoms with Crippen molar-refractivity contribution in [3.05, 3.63) is 66.3 Å². The van der Waals surface area contributed by atoms with Crippen molar-refractivity contribution in [2.45, 2.75) is 6.04 Å². The van der Waals surface area contributed by atoms with E-state index in [4.69, 9.17) is 4.42 Å². The van der Waals surface area contributed by atoms with Gasteiger partial charge in [0, 0.05) is 36.8 Å². The summed E-state index contributed by atoms with van der Waals surface area (Å²) in [5.41, 5.74) is 2.40. The van der Waals surface area contributed by atoms with E-state index in [9.17, 15) is 4.79 Å². The first-order valence-corrected chi connectivity index (χ1v) is 8.26. The molecule has 1 N–H and O–H groups in total. The Morgan fingerprint density at radius 1 is 1.28 bits per heavy atom. The minimum Gasteiger partial charge on any atom is -0.465 e. The third-order valence-electron chi connectivity index (χ3n) is 4.32. The molecular formula is C20H23N3O2. The number of likely N-dealkylation sites (N-methyl/N-ethyl adjacent to an activating group) is 1. The van der Waals surface area contributed by atoms with Crippen LogP contribution in [0.15, 0.2) is 59.4 Å². The lowest BCUT2D eigenvalue weighted by Gasteiger charge is -2.24. The number of carbonyl (C=O) groups is 1. The molecular weight excluding hydrogens is 314 g/mol. The van der Waals surface area contributed by atoms with Gasteiger partial charge < -0.3 is 19.2 Å². The van der Waals surface area contributed by atoms with Crippen LogP contribution in [-0.2, 0) is 11.8 Å². The highest BCUT2D eigenvalue weighted by molar-refractivity contribution is 5.91. The molecule has 0 aliphatic rings. The summed E-state index contributed by atoms with van der Waals surface area (Å²) in [6.07, 6.45) is 6.88. The highest BCUT2D eigenvalue weighted by Crippen LogP contribution is 2.28.